The van der Waals surface area contributed by atoms with Gasteiger partial charge in [-0.3, -0.25) is 4.98 Å². The molecule has 2 aromatic rings. The number of aromatic nitrogens is 1. The molecule has 2 atom stereocenters. The van der Waals surface area contributed by atoms with Crippen molar-refractivity contribution in [3.63, 3.8) is 0 Å². The largest absolute Gasteiger partial charge is 0.444 e. The van der Waals surface area contributed by atoms with Gasteiger partial charge in [0.25, 0.3) is 0 Å². The molecule has 1 amide bonds. The standard InChI is InChI=1S/C22H29N3O2/c1-22(2,3)27-21(26)25-14-8-12-18(23)20(25)15-17-11-7-13-19(24-17)16-9-5-4-6-10-16/h4-7,9-11,13,18,20H,8,12,14-15,23H2,1-3H3. The third-order valence-electron chi connectivity index (χ3n) is 4.75. The van der Waals surface area contributed by atoms with E-state index in [1.807, 2.05) is 69.3 Å². The molecule has 0 saturated carbocycles. The first-order valence-corrected chi connectivity index (χ1v) is 9.60. The Morgan fingerprint density at radius 1 is 1.19 bits per heavy atom. The lowest BCUT2D eigenvalue weighted by atomic mass is 9.93. The van der Waals surface area contributed by atoms with Crippen LogP contribution in [0.2, 0.25) is 0 Å². The smallest absolute Gasteiger partial charge is 0.410 e. The second kappa shape index (κ2) is 8.09. The minimum Gasteiger partial charge on any atom is -0.444 e. The van der Waals surface area contributed by atoms with E-state index in [4.69, 9.17) is 15.5 Å². The number of pyridine rings is 1. The lowest BCUT2D eigenvalue weighted by molar-refractivity contribution is 0.00685. The molecule has 1 aromatic carbocycles. The predicted octanol–water partition coefficient (Wildman–Crippen LogP) is 4.02. The third kappa shape index (κ3) is 5.07. The first-order chi connectivity index (χ1) is 12.8. The zero-order valence-corrected chi connectivity index (χ0v) is 16.4. The van der Waals surface area contributed by atoms with E-state index >= 15 is 0 Å². The Bertz CT molecular complexity index is 771. The average molecular weight is 367 g/mol. The molecule has 1 saturated heterocycles. The van der Waals surface area contributed by atoms with Gasteiger partial charge in [-0.1, -0.05) is 36.4 Å². The van der Waals surface area contributed by atoms with E-state index in [0.717, 1.165) is 29.8 Å². The summed E-state index contributed by atoms with van der Waals surface area (Å²) in [6.45, 7) is 6.32. The molecule has 144 valence electrons. The Morgan fingerprint density at radius 2 is 1.93 bits per heavy atom. The maximum Gasteiger partial charge on any atom is 0.410 e. The molecule has 1 aliphatic rings. The molecule has 2 unspecified atom stereocenters. The summed E-state index contributed by atoms with van der Waals surface area (Å²) in [5.41, 5.74) is 8.82. The number of ether oxygens (including phenoxy) is 1. The number of hydrogen-bond acceptors (Lipinski definition) is 4. The minimum absolute atomic E-state index is 0.0755. The monoisotopic (exact) mass is 367 g/mol. The fourth-order valence-corrected chi connectivity index (χ4v) is 3.47. The Morgan fingerprint density at radius 3 is 2.63 bits per heavy atom. The van der Waals surface area contributed by atoms with Gasteiger partial charge in [-0.15, -0.1) is 0 Å². The molecule has 5 heteroatoms. The molecule has 3 rings (SSSR count). The summed E-state index contributed by atoms with van der Waals surface area (Å²) in [4.78, 5) is 19.3. The van der Waals surface area contributed by atoms with E-state index in [-0.39, 0.29) is 18.2 Å². The number of benzene rings is 1. The molecule has 0 spiro atoms. The number of amides is 1. The van der Waals surface area contributed by atoms with Crippen molar-refractivity contribution in [1.82, 2.24) is 9.88 Å². The van der Waals surface area contributed by atoms with Gasteiger partial charge in [-0.25, -0.2) is 4.79 Å². The number of carbonyl (C=O) groups excluding carboxylic acids is 1. The number of piperidine rings is 1. The fraction of sp³-hybridized carbons (Fsp3) is 0.455. The van der Waals surface area contributed by atoms with Crippen LogP contribution in [0.5, 0.6) is 0 Å². The lowest BCUT2D eigenvalue weighted by Crippen LogP contribution is -2.56. The van der Waals surface area contributed by atoms with Crippen LogP contribution < -0.4 is 5.73 Å². The van der Waals surface area contributed by atoms with Gasteiger partial charge < -0.3 is 15.4 Å². The normalized spacial score (nSPS) is 20.4. The number of hydrogen-bond donors (Lipinski definition) is 1. The molecular weight excluding hydrogens is 338 g/mol. The molecule has 2 N–H and O–H groups in total. The molecular formula is C22H29N3O2. The maximum absolute atomic E-state index is 12.7. The Labute approximate surface area is 161 Å². The summed E-state index contributed by atoms with van der Waals surface area (Å²) >= 11 is 0. The molecule has 1 aromatic heterocycles. The van der Waals surface area contributed by atoms with Gasteiger partial charge in [0.15, 0.2) is 0 Å². The highest BCUT2D eigenvalue weighted by Gasteiger charge is 2.35. The van der Waals surface area contributed by atoms with Gasteiger partial charge >= 0.3 is 6.09 Å². The Balaban J connectivity index is 1.80. The van der Waals surface area contributed by atoms with Crippen LogP contribution in [0, 0.1) is 0 Å². The average Bonchev–Trinajstić information content (AvgIpc) is 2.63. The van der Waals surface area contributed by atoms with Crippen LogP contribution in [-0.2, 0) is 11.2 Å². The first kappa shape index (κ1) is 19.4. The zero-order valence-electron chi connectivity index (χ0n) is 16.4. The van der Waals surface area contributed by atoms with E-state index in [2.05, 4.69) is 0 Å². The van der Waals surface area contributed by atoms with Crippen molar-refractivity contribution in [1.29, 1.82) is 0 Å². The molecule has 0 aliphatic carbocycles. The van der Waals surface area contributed by atoms with Crippen molar-refractivity contribution >= 4 is 6.09 Å². The van der Waals surface area contributed by atoms with Crippen molar-refractivity contribution < 1.29 is 9.53 Å². The van der Waals surface area contributed by atoms with E-state index in [1.165, 1.54) is 0 Å². The van der Waals surface area contributed by atoms with Crippen LogP contribution >= 0.6 is 0 Å². The molecule has 2 heterocycles. The topological polar surface area (TPSA) is 68.5 Å². The second-order valence-corrected chi connectivity index (χ2v) is 8.13. The SMILES string of the molecule is CC(C)(C)OC(=O)N1CCCC(N)C1Cc1cccc(-c2ccccc2)n1. The van der Waals surface area contributed by atoms with Gasteiger partial charge in [0.2, 0.25) is 0 Å². The van der Waals surface area contributed by atoms with E-state index in [0.29, 0.717) is 13.0 Å². The number of nitrogens with two attached hydrogens (primary N) is 1. The molecule has 27 heavy (non-hydrogen) atoms. The van der Waals surface area contributed by atoms with E-state index in [1.54, 1.807) is 4.90 Å². The van der Waals surface area contributed by atoms with Crippen LogP contribution in [-0.4, -0.2) is 40.2 Å². The van der Waals surface area contributed by atoms with Crippen molar-refractivity contribution in [2.75, 3.05) is 6.54 Å². The van der Waals surface area contributed by atoms with Crippen molar-refractivity contribution in [3.05, 3.63) is 54.2 Å². The van der Waals surface area contributed by atoms with Gasteiger partial charge in [0.1, 0.15) is 5.60 Å². The molecule has 1 fully saturated rings. The van der Waals surface area contributed by atoms with Gasteiger partial charge in [0.05, 0.1) is 11.7 Å². The van der Waals surface area contributed by atoms with Gasteiger partial charge in [-0.2, -0.15) is 0 Å². The molecule has 0 radical (unpaired) electrons. The third-order valence-corrected chi connectivity index (χ3v) is 4.75. The quantitative estimate of drug-likeness (QED) is 0.890. The van der Waals surface area contributed by atoms with Gasteiger partial charge in [0, 0.05) is 30.3 Å². The Kier molecular flexibility index (Phi) is 5.80. The summed E-state index contributed by atoms with van der Waals surface area (Å²) in [5, 5.41) is 0. The summed E-state index contributed by atoms with van der Waals surface area (Å²) in [6.07, 6.45) is 2.14. The summed E-state index contributed by atoms with van der Waals surface area (Å²) < 4.78 is 5.60. The number of likely N-dealkylation sites (tertiary alicyclic amines) is 1. The summed E-state index contributed by atoms with van der Waals surface area (Å²) in [7, 11) is 0. The molecule has 5 nitrogen and oxygen atoms in total. The summed E-state index contributed by atoms with van der Waals surface area (Å²) in [6, 6.07) is 15.9. The van der Waals surface area contributed by atoms with Crippen molar-refractivity contribution in [2.24, 2.45) is 5.73 Å². The predicted molar refractivity (Wildman–Crippen MR) is 107 cm³/mol. The number of rotatable bonds is 3. The van der Waals surface area contributed by atoms with Crippen LogP contribution in [0.3, 0.4) is 0 Å². The highest BCUT2D eigenvalue weighted by molar-refractivity contribution is 5.69. The highest BCUT2D eigenvalue weighted by atomic mass is 16.6. The molecule has 1 aliphatic heterocycles. The van der Waals surface area contributed by atoms with Crippen molar-refractivity contribution in [2.45, 2.75) is 57.7 Å². The molecule has 0 bridgehead atoms. The van der Waals surface area contributed by atoms with Crippen molar-refractivity contribution in [3.8, 4) is 11.3 Å². The number of nitrogens with zero attached hydrogens (tertiary/aromatic N) is 2. The lowest BCUT2D eigenvalue weighted by Gasteiger charge is -2.40. The Hall–Kier alpha value is -2.40. The number of carbonyl (C=O) groups is 1. The van der Waals surface area contributed by atoms with Crippen LogP contribution in [0.15, 0.2) is 48.5 Å². The zero-order chi connectivity index (χ0) is 19.4. The fourth-order valence-electron chi connectivity index (χ4n) is 3.47. The maximum atomic E-state index is 12.7. The second-order valence-electron chi connectivity index (χ2n) is 8.13. The minimum atomic E-state index is -0.519. The highest BCUT2D eigenvalue weighted by Crippen LogP contribution is 2.24. The van der Waals surface area contributed by atoms with E-state index in [9.17, 15) is 4.79 Å². The van der Waals surface area contributed by atoms with Gasteiger partial charge in [-0.05, 0) is 45.7 Å². The van der Waals surface area contributed by atoms with Crippen LogP contribution in [0.4, 0.5) is 4.79 Å². The van der Waals surface area contributed by atoms with Crippen LogP contribution in [0.25, 0.3) is 11.3 Å². The van der Waals surface area contributed by atoms with E-state index < -0.39 is 5.60 Å². The first-order valence-electron chi connectivity index (χ1n) is 9.60. The summed E-state index contributed by atoms with van der Waals surface area (Å²) in [5.74, 6) is 0. The van der Waals surface area contributed by atoms with Crippen LogP contribution in [0.1, 0.15) is 39.3 Å².